The second-order valence-electron chi connectivity index (χ2n) is 3.86. The second-order valence-corrected chi connectivity index (χ2v) is 3.86. The lowest BCUT2D eigenvalue weighted by molar-refractivity contribution is 0.157. The first-order valence-electron chi connectivity index (χ1n) is 5.72. The number of hydrogen-bond acceptors (Lipinski definition) is 4. The van der Waals surface area contributed by atoms with Gasteiger partial charge in [0.25, 0.3) is 0 Å². The van der Waals surface area contributed by atoms with Crippen molar-refractivity contribution in [3.05, 3.63) is 42.2 Å². The van der Waals surface area contributed by atoms with Crippen LogP contribution in [0.3, 0.4) is 0 Å². The van der Waals surface area contributed by atoms with Crippen molar-refractivity contribution >= 4 is 16.9 Å². The van der Waals surface area contributed by atoms with Gasteiger partial charge in [0.05, 0.1) is 0 Å². The summed E-state index contributed by atoms with van der Waals surface area (Å²) < 4.78 is 4.63. The van der Waals surface area contributed by atoms with E-state index in [9.17, 15) is 4.79 Å². The zero-order valence-corrected chi connectivity index (χ0v) is 9.93. The average molecular weight is 245 g/mol. The molecule has 0 aliphatic rings. The zero-order valence-electron chi connectivity index (χ0n) is 9.93. The summed E-state index contributed by atoms with van der Waals surface area (Å²) in [5.41, 5.74) is 6.05. The van der Waals surface area contributed by atoms with E-state index in [1.165, 1.54) is 10.9 Å². The van der Waals surface area contributed by atoms with Gasteiger partial charge >= 0.3 is 6.09 Å². The second kappa shape index (κ2) is 5.97. The lowest BCUT2D eigenvalue weighted by atomic mass is 10.1. The fraction of sp³-hybridized carbons (Fsp3) is 0.231. The first-order chi connectivity index (χ1) is 8.77. The molecule has 0 unspecified atom stereocenters. The molecular formula is C13H15N3O2. The summed E-state index contributed by atoms with van der Waals surface area (Å²) in [5, 5.41) is 5.49. The molecule has 5 heteroatoms. The number of carbonyl (C=O) groups excluding carboxylic acids is 1. The van der Waals surface area contributed by atoms with Crippen molar-refractivity contribution in [3.8, 4) is 0 Å². The van der Waals surface area contributed by atoms with Crippen molar-refractivity contribution in [2.75, 3.05) is 13.2 Å². The molecule has 18 heavy (non-hydrogen) atoms. The van der Waals surface area contributed by atoms with Gasteiger partial charge in [-0.3, -0.25) is 4.98 Å². The Bertz CT molecular complexity index is 537. The van der Waals surface area contributed by atoms with Crippen LogP contribution in [0.15, 0.2) is 36.7 Å². The van der Waals surface area contributed by atoms with E-state index in [0.29, 0.717) is 13.1 Å². The summed E-state index contributed by atoms with van der Waals surface area (Å²) in [6.07, 6.45) is 2.88. The molecule has 0 spiro atoms. The quantitative estimate of drug-likeness (QED) is 0.781. The molecule has 0 fully saturated rings. The molecule has 1 aromatic carbocycles. The third kappa shape index (κ3) is 3.18. The number of pyridine rings is 1. The molecule has 0 radical (unpaired) electrons. The highest BCUT2D eigenvalue weighted by Gasteiger charge is 2.00. The lowest BCUT2D eigenvalue weighted by Crippen LogP contribution is -2.23. The van der Waals surface area contributed by atoms with E-state index in [-0.39, 0.29) is 6.61 Å². The van der Waals surface area contributed by atoms with Crippen molar-refractivity contribution in [2.45, 2.75) is 6.54 Å². The van der Waals surface area contributed by atoms with Crippen molar-refractivity contribution in [1.82, 2.24) is 10.3 Å². The van der Waals surface area contributed by atoms with Crippen LogP contribution < -0.4 is 11.1 Å². The first-order valence-corrected chi connectivity index (χ1v) is 5.72. The Morgan fingerprint density at radius 1 is 1.39 bits per heavy atom. The van der Waals surface area contributed by atoms with Gasteiger partial charge in [-0.05, 0) is 17.0 Å². The minimum atomic E-state index is -0.743. The molecule has 3 N–H and O–H groups in total. The highest BCUT2D eigenvalue weighted by atomic mass is 16.5. The SMILES string of the molecule is NC(=O)OCCNCc1cccc2cnccc12. The number of nitrogens with zero attached hydrogens (tertiary/aromatic N) is 1. The number of aromatic nitrogens is 1. The summed E-state index contributed by atoms with van der Waals surface area (Å²) in [7, 11) is 0. The molecule has 94 valence electrons. The largest absolute Gasteiger partial charge is 0.448 e. The molecule has 0 aliphatic carbocycles. The number of carbonyl (C=O) groups is 1. The van der Waals surface area contributed by atoms with Gasteiger partial charge in [-0.1, -0.05) is 18.2 Å². The molecule has 0 aliphatic heterocycles. The summed E-state index contributed by atoms with van der Waals surface area (Å²) in [4.78, 5) is 14.5. The summed E-state index contributed by atoms with van der Waals surface area (Å²) in [6.45, 7) is 1.57. The Hall–Kier alpha value is -2.14. The van der Waals surface area contributed by atoms with Crippen LogP contribution in [-0.4, -0.2) is 24.2 Å². The number of benzene rings is 1. The topological polar surface area (TPSA) is 77.2 Å². The van der Waals surface area contributed by atoms with Crippen LogP contribution in [0, 0.1) is 0 Å². The molecule has 0 saturated heterocycles. The summed E-state index contributed by atoms with van der Waals surface area (Å²) in [6, 6.07) is 8.08. The highest BCUT2D eigenvalue weighted by molar-refractivity contribution is 5.84. The Labute approximate surface area is 105 Å². The number of nitrogens with one attached hydrogen (secondary N) is 1. The lowest BCUT2D eigenvalue weighted by Gasteiger charge is -2.08. The van der Waals surface area contributed by atoms with Gasteiger partial charge in [0, 0.05) is 30.9 Å². The predicted octanol–water partition coefficient (Wildman–Crippen LogP) is 1.42. The normalized spacial score (nSPS) is 10.4. The maximum absolute atomic E-state index is 10.4. The van der Waals surface area contributed by atoms with Crippen LogP contribution >= 0.6 is 0 Å². The van der Waals surface area contributed by atoms with Gasteiger partial charge in [0.2, 0.25) is 0 Å². The minimum Gasteiger partial charge on any atom is -0.448 e. The fourth-order valence-corrected chi connectivity index (χ4v) is 1.79. The molecule has 5 nitrogen and oxygen atoms in total. The monoisotopic (exact) mass is 245 g/mol. The number of amides is 1. The molecule has 2 rings (SSSR count). The molecule has 1 aromatic heterocycles. The van der Waals surface area contributed by atoms with Crippen LogP contribution in [0.1, 0.15) is 5.56 Å². The smallest absolute Gasteiger partial charge is 0.404 e. The van der Waals surface area contributed by atoms with Crippen molar-refractivity contribution in [1.29, 1.82) is 0 Å². The third-order valence-electron chi connectivity index (χ3n) is 2.61. The Balaban J connectivity index is 1.93. The molecule has 1 amide bonds. The van der Waals surface area contributed by atoms with Crippen LogP contribution in [0.25, 0.3) is 10.8 Å². The van der Waals surface area contributed by atoms with E-state index in [0.717, 1.165) is 5.39 Å². The molecule has 1 heterocycles. The Kier molecular flexibility index (Phi) is 4.09. The minimum absolute atomic E-state index is 0.279. The number of nitrogens with two attached hydrogens (primary N) is 1. The van der Waals surface area contributed by atoms with E-state index in [1.807, 2.05) is 24.4 Å². The van der Waals surface area contributed by atoms with Crippen molar-refractivity contribution < 1.29 is 9.53 Å². The molecule has 0 atom stereocenters. The molecule has 0 bridgehead atoms. The van der Waals surface area contributed by atoms with Crippen molar-refractivity contribution in [2.24, 2.45) is 5.73 Å². The number of hydrogen-bond donors (Lipinski definition) is 2. The first kappa shape index (κ1) is 12.3. The van der Waals surface area contributed by atoms with E-state index in [1.54, 1.807) is 6.20 Å². The summed E-state index contributed by atoms with van der Waals surface area (Å²) >= 11 is 0. The number of rotatable bonds is 5. The van der Waals surface area contributed by atoms with Crippen molar-refractivity contribution in [3.63, 3.8) is 0 Å². The van der Waals surface area contributed by atoms with Gasteiger partial charge < -0.3 is 15.8 Å². The zero-order chi connectivity index (χ0) is 12.8. The van der Waals surface area contributed by atoms with E-state index in [4.69, 9.17) is 5.73 Å². The van der Waals surface area contributed by atoms with Gasteiger partial charge in [-0.25, -0.2) is 4.79 Å². The number of ether oxygens (including phenoxy) is 1. The maximum atomic E-state index is 10.4. The summed E-state index contributed by atoms with van der Waals surface area (Å²) in [5.74, 6) is 0. The van der Waals surface area contributed by atoms with Gasteiger partial charge in [-0.2, -0.15) is 0 Å². The van der Waals surface area contributed by atoms with Gasteiger partial charge in [0.1, 0.15) is 6.61 Å². The van der Waals surface area contributed by atoms with Crippen LogP contribution in [-0.2, 0) is 11.3 Å². The molecule has 2 aromatic rings. The standard InChI is InChI=1S/C13H15N3O2/c14-13(17)18-7-6-16-9-11-3-1-2-10-8-15-5-4-12(10)11/h1-5,8,16H,6-7,9H2,(H2,14,17). The van der Waals surface area contributed by atoms with Crippen LogP contribution in [0.4, 0.5) is 4.79 Å². The Morgan fingerprint density at radius 3 is 3.11 bits per heavy atom. The number of fused-ring (bicyclic) bond motifs is 1. The molecular weight excluding hydrogens is 230 g/mol. The number of primary amides is 1. The maximum Gasteiger partial charge on any atom is 0.404 e. The van der Waals surface area contributed by atoms with Gasteiger partial charge in [-0.15, -0.1) is 0 Å². The van der Waals surface area contributed by atoms with E-state index in [2.05, 4.69) is 21.1 Å². The van der Waals surface area contributed by atoms with Crippen LogP contribution in [0.5, 0.6) is 0 Å². The van der Waals surface area contributed by atoms with E-state index < -0.39 is 6.09 Å². The Morgan fingerprint density at radius 2 is 2.28 bits per heavy atom. The van der Waals surface area contributed by atoms with Crippen LogP contribution in [0.2, 0.25) is 0 Å². The fourth-order valence-electron chi connectivity index (χ4n) is 1.79. The van der Waals surface area contributed by atoms with Gasteiger partial charge in [0.15, 0.2) is 0 Å². The third-order valence-corrected chi connectivity index (χ3v) is 2.61. The average Bonchev–Trinajstić information content (AvgIpc) is 2.38. The molecule has 0 saturated carbocycles. The predicted molar refractivity (Wildman–Crippen MR) is 69.0 cm³/mol. The van der Waals surface area contributed by atoms with E-state index >= 15 is 0 Å². The highest BCUT2D eigenvalue weighted by Crippen LogP contribution is 2.16.